The monoisotopic (exact) mass is 313 g/mol. The molecule has 1 unspecified atom stereocenters. The van der Waals surface area contributed by atoms with Crippen LogP contribution in [0.2, 0.25) is 0 Å². The lowest BCUT2D eigenvalue weighted by Crippen LogP contribution is -2.32. The van der Waals surface area contributed by atoms with Gasteiger partial charge in [-0.25, -0.2) is 0 Å². The van der Waals surface area contributed by atoms with Gasteiger partial charge in [0.25, 0.3) is 10.1 Å². The molecule has 1 atom stereocenters. The summed E-state index contributed by atoms with van der Waals surface area (Å²) in [6.45, 7) is 4.93. The first-order valence-corrected chi connectivity index (χ1v) is 8.78. The highest BCUT2D eigenvalue weighted by atomic mass is 32.2. The van der Waals surface area contributed by atoms with E-state index in [0.29, 0.717) is 6.42 Å². The zero-order valence-corrected chi connectivity index (χ0v) is 13.4. The Labute approximate surface area is 126 Å². The maximum Gasteiger partial charge on any atom is 0.297 e. The molecule has 1 aliphatic heterocycles. The van der Waals surface area contributed by atoms with Gasteiger partial charge < -0.3 is 10.0 Å². The molecule has 0 aliphatic carbocycles. The first-order valence-electron chi connectivity index (χ1n) is 7.37. The molecule has 0 aromatic heterocycles. The molecule has 2 rings (SSSR count). The van der Waals surface area contributed by atoms with Crippen molar-refractivity contribution in [3.63, 3.8) is 0 Å². The van der Waals surface area contributed by atoms with Gasteiger partial charge in [-0.2, -0.15) is 8.42 Å². The van der Waals surface area contributed by atoms with Crippen molar-refractivity contribution in [1.82, 2.24) is 0 Å². The predicted molar refractivity (Wildman–Crippen MR) is 82.1 cm³/mol. The summed E-state index contributed by atoms with van der Waals surface area (Å²) in [4.78, 5) is 2.27. The topological polar surface area (TPSA) is 66.8 Å². The molecule has 6 heteroatoms. The summed E-state index contributed by atoms with van der Waals surface area (Å²) in [7, 11) is -3.70. The summed E-state index contributed by atoms with van der Waals surface area (Å²) >= 11 is 0. The molecule has 0 amide bonds. The lowest BCUT2D eigenvalue weighted by atomic mass is 10.1. The molecular formula is C15H23NO4S. The minimum atomic E-state index is -3.70. The highest BCUT2D eigenvalue weighted by Gasteiger charge is 2.26. The summed E-state index contributed by atoms with van der Waals surface area (Å²) in [5.41, 5.74) is 1.87. The van der Waals surface area contributed by atoms with Crippen molar-refractivity contribution in [2.75, 3.05) is 24.7 Å². The minimum Gasteiger partial charge on any atom is -0.394 e. The van der Waals surface area contributed by atoms with Gasteiger partial charge in [-0.15, -0.1) is 0 Å². The van der Waals surface area contributed by atoms with Crippen LogP contribution < -0.4 is 4.90 Å². The van der Waals surface area contributed by atoms with Crippen molar-refractivity contribution >= 4 is 15.8 Å². The van der Waals surface area contributed by atoms with Crippen LogP contribution in [0.1, 0.15) is 31.7 Å². The Bertz CT molecular complexity index is 585. The van der Waals surface area contributed by atoms with Crippen LogP contribution >= 0.6 is 0 Å². The van der Waals surface area contributed by atoms with E-state index in [1.165, 1.54) is 0 Å². The molecule has 1 aromatic rings. The van der Waals surface area contributed by atoms with Crippen molar-refractivity contribution in [1.29, 1.82) is 0 Å². The van der Waals surface area contributed by atoms with Crippen LogP contribution in [-0.2, 0) is 14.3 Å². The Balaban J connectivity index is 2.33. The molecule has 118 valence electrons. The van der Waals surface area contributed by atoms with Gasteiger partial charge in [0.2, 0.25) is 0 Å². The summed E-state index contributed by atoms with van der Waals surface area (Å²) in [5, 5.41) is 9.45. The van der Waals surface area contributed by atoms with Crippen LogP contribution in [0.5, 0.6) is 0 Å². The number of anilines is 1. The summed E-state index contributed by atoms with van der Waals surface area (Å²) in [6.07, 6.45) is 2.59. The number of hydrogen-bond donors (Lipinski definition) is 1. The van der Waals surface area contributed by atoms with E-state index < -0.39 is 10.1 Å². The van der Waals surface area contributed by atoms with Crippen LogP contribution in [0.25, 0.3) is 0 Å². The Hall–Kier alpha value is -1.11. The number of benzene rings is 1. The van der Waals surface area contributed by atoms with Crippen LogP contribution in [0, 0.1) is 6.92 Å². The van der Waals surface area contributed by atoms with Gasteiger partial charge in [-0.05, 0) is 43.9 Å². The molecule has 1 N–H and O–H groups in total. The third-order valence-corrected chi connectivity index (χ3v) is 5.12. The molecular weight excluding hydrogens is 290 g/mol. The van der Waals surface area contributed by atoms with Crippen molar-refractivity contribution < 1.29 is 17.7 Å². The van der Waals surface area contributed by atoms with Gasteiger partial charge >= 0.3 is 0 Å². The third kappa shape index (κ3) is 3.56. The third-order valence-electron chi connectivity index (χ3n) is 3.81. The highest BCUT2D eigenvalue weighted by Crippen LogP contribution is 2.30. The van der Waals surface area contributed by atoms with Crippen molar-refractivity contribution in [3.05, 3.63) is 23.8 Å². The summed E-state index contributed by atoms with van der Waals surface area (Å²) in [6, 6.07) is 5.10. The lowest BCUT2D eigenvalue weighted by Gasteiger charge is -2.27. The largest absolute Gasteiger partial charge is 0.394 e. The molecule has 0 spiro atoms. The first kappa shape index (κ1) is 16.3. The van der Waals surface area contributed by atoms with E-state index in [0.717, 1.165) is 30.6 Å². The number of hydrogen-bond acceptors (Lipinski definition) is 5. The number of rotatable bonds is 6. The van der Waals surface area contributed by atoms with Gasteiger partial charge in [-0.1, -0.05) is 13.0 Å². The second-order valence-corrected chi connectivity index (χ2v) is 7.01. The Kier molecular flexibility index (Phi) is 5.24. The molecule has 21 heavy (non-hydrogen) atoms. The van der Waals surface area contributed by atoms with Gasteiger partial charge in [0.15, 0.2) is 0 Å². The number of aryl methyl sites for hydroxylation is 1. The second-order valence-electron chi connectivity index (χ2n) is 5.40. The summed E-state index contributed by atoms with van der Waals surface area (Å²) in [5.74, 6) is 0. The number of aliphatic hydroxyl groups excluding tert-OH is 1. The number of aliphatic hydroxyl groups is 1. The molecule has 1 aromatic carbocycles. The molecule has 0 bridgehead atoms. The zero-order chi connectivity index (χ0) is 15.5. The fraction of sp³-hybridized carbons (Fsp3) is 0.600. The Morgan fingerprint density at radius 3 is 2.86 bits per heavy atom. The van der Waals surface area contributed by atoms with Crippen molar-refractivity contribution in [3.8, 4) is 0 Å². The molecule has 0 saturated carbocycles. The molecule has 1 saturated heterocycles. The van der Waals surface area contributed by atoms with E-state index in [1.54, 1.807) is 18.2 Å². The van der Waals surface area contributed by atoms with E-state index in [2.05, 4.69) is 4.90 Å². The normalized spacial score (nSPS) is 19.2. The van der Waals surface area contributed by atoms with E-state index in [-0.39, 0.29) is 24.2 Å². The molecule has 1 heterocycles. The molecule has 1 fully saturated rings. The van der Waals surface area contributed by atoms with Gasteiger partial charge in [0.1, 0.15) is 0 Å². The van der Waals surface area contributed by atoms with E-state index in [1.807, 2.05) is 13.8 Å². The molecule has 1 aliphatic rings. The first-order chi connectivity index (χ1) is 9.99. The van der Waals surface area contributed by atoms with Crippen molar-refractivity contribution in [2.24, 2.45) is 0 Å². The SMILES string of the molecule is CCCOS(=O)(=O)c1ccc(C)c(N2CCCC2CO)c1. The smallest absolute Gasteiger partial charge is 0.297 e. The minimum absolute atomic E-state index is 0.0678. The quantitative estimate of drug-likeness (QED) is 0.814. The summed E-state index contributed by atoms with van der Waals surface area (Å²) < 4.78 is 29.2. The van der Waals surface area contributed by atoms with E-state index in [4.69, 9.17) is 4.18 Å². The van der Waals surface area contributed by atoms with E-state index in [9.17, 15) is 13.5 Å². The average molecular weight is 313 g/mol. The highest BCUT2D eigenvalue weighted by molar-refractivity contribution is 7.86. The van der Waals surface area contributed by atoms with Gasteiger partial charge in [0, 0.05) is 12.2 Å². The lowest BCUT2D eigenvalue weighted by molar-refractivity contribution is 0.266. The maximum atomic E-state index is 12.1. The number of nitrogens with zero attached hydrogens (tertiary/aromatic N) is 1. The average Bonchev–Trinajstić information content (AvgIpc) is 2.93. The van der Waals surface area contributed by atoms with Crippen LogP contribution in [0.3, 0.4) is 0 Å². The standard InChI is InChI=1S/C15H23NO4S/c1-3-9-20-21(18,19)14-7-6-12(2)15(10-14)16-8-4-5-13(16)11-17/h6-7,10,13,17H,3-5,8-9,11H2,1-2H3. The van der Waals surface area contributed by atoms with E-state index >= 15 is 0 Å². The predicted octanol–water partition coefficient (Wildman–Crippen LogP) is 2.07. The molecule has 0 radical (unpaired) electrons. The zero-order valence-electron chi connectivity index (χ0n) is 12.6. The fourth-order valence-electron chi connectivity index (χ4n) is 2.66. The van der Waals surface area contributed by atoms with Crippen LogP contribution in [0.4, 0.5) is 5.69 Å². The van der Waals surface area contributed by atoms with Crippen LogP contribution in [-0.4, -0.2) is 39.3 Å². The maximum absolute atomic E-state index is 12.1. The fourth-order valence-corrected chi connectivity index (χ4v) is 3.67. The van der Waals surface area contributed by atoms with Gasteiger partial charge in [0.05, 0.1) is 24.2 Å². The second kappa shape index (κ2) is 6.77. The Morgan fingerprint density at radius 1 is 1.43 bits per heavy atom. The molecule has 5 nitrogen and oxygen atoms in total. The van der Waals surface area contributed by atoms with Crippen LogP contribution in [0.15, 0.2) is 23.1 Å². The van der Waals surface area contributed by atoms with Gasteiger partial charge in [-0.3, -0.25) is 4.18 Å². The Morgan fingerprint density at radius 2 is 2.19 bits per heavy atom. The van der Waals surface area contributed by atoms with Crippen molar-refractivity contribution in [2.45, 2.75) is 44.0 Å².